The second-order valence-corrected chi connectivity index (χ2v) is 7.96. The first-order valence-electron chi connectivity index (χ1n) is 8.81. The number of carbonyl (C=O) groups excluding carboxylic acids is 1. The van der Waals surface area contributed by atoms with Gasteiger partial charge in [-0.25, -0.2) is 9.98 Å². The lowest BCUT2D eigenvalue weighted by atomic mass is 10.1. The monoisotopic (exact) mass is 421 g/mol. The zero-order valence-electron chi connectivity index (χ0n) is 16.4. The van der Waals surface area contributed by atoms with Crippen LogP contribution in [0.1, 0.15) is 32.8 Å². The zero-order chi connectivity index (χ0) is 20.8. The summed E-state index contributed by atoms with van der Waals surface area (Å²) in [4.78, 5) is 27.4. The Balaban J connectivity index is 2.35. The standard InChI is InChI=1S/C19H24ClN5O2S/c1-6-12(3)25-18(23-13(4)20)15(7-2)24-17(19(25)26)22-11-14-8-9-16(21-10-14)28(5)27/h7-10,12H,4,6,11H2,1-3,5H3,(H,22,24)/b15-7+,23-18?/t12-,28?/m1/s1. The normalized spacial score (nSPS) is 21.1. The molecular formula is C19H24ClN5O2S. The van der Waals surface area contributed by atoms with Gasteiger partial charge in [-0.05, 0) is 31.9 Å². The van der Waals surface area contributed by atoms with Crippen molar-refractivity contribution in [3.63, 3.8) is 0 Å². The molecule has 0 aromatic carbocycles. The second kappa shape index (κ2) is 9.75. The van der Waals surface area contributed by atoms with Crippen molar-refractivity contribution in [1.29, 1.82) is 0 Å². The molecule has 9 heteroatoms. The van der Waals surface area contributed by atoms with Crippen LogP contribution in [0, 0.1) is 0 Å². The number of nitrogens with one attached hydrogen (secondary N) is 1. The molecule has 150 valence electrons. The molecule has 0 saturated carbocycles. The lowest BCUT2D eigenvalue weighted by molar-refractivity contribution is -0.122. The van der Waals surface area contributed by atoms with E-state index in [4.69, 9.17) is 11.6 Å². The van der Waals surface area contributed by atoms with Gasteiger partial charge >= 0.3 is 0 Å². The number of nitrogens with zero attached hydrogens (tertiary/aromatic N) is 4. The summed E-state index contributed by atoms with van der Waals surface area (Å²) in [6.45, 7) is 9.63. The van der Waals surface area contributed by atoms with Gasteiger partial charge in [0, 0.05) is 18.5 Å². The van der Waals surface area contributed by atoms with Gasteiger partial charge in [-0.2, -0.15) is 0 Å². The first-order chi connectivity index (χ1) is 13.3. The van der Waals surface area contributed by atoms with Crippen LogP contribution in [0.2, 0.25) is 0 Å². The Hall–Kier alpha value is -2.32. The number of amidine groups is 2. The molecule has 0 spiro atoms. The molecule has 1 aliphatic rings. The third kappa shape index (κ3) is 5.14. The summed E-state index contributed by atoms with van der Waals surface area (Å²) >= 11 is 5.87. The fourth-order valence-corrected chi connectivity index (χ4v) is 3.09. The first-order valence-corrected chi connectivity index (χ1v) is 10.7. The maximum atomic E-state index is 13.0. The minimum absolute atomic E-state index is 0.0926. The molecule has 1 aliphatic heterocycles. The highest BCUT2D eigenvalue weighted by atomic mass is 35.5. The van der Waals surface area contributed by atoms with E-state index in [2.05, 4.69) is 26.9 Å². The number of hydrogen-bond donors (Lipinski definition) is 1. The van der Waals surface area contributed by atoms with Gasteiger partial charge in [-0.15, -0.1) is 0 Å². The molecule has 1 saturated heterocycles. The molecule has 2 heterocycles. The smallest absolute Gasteiger partial charge is 0.295 e. The second-order valence-electron chi connectivity index (χ2n) is 6.20. The molecule has 1 aromatic heterocycles. The third-order valence-electron chi connectivity index (χ3n) is 4.20. The molecule has 0 aliphatic carbocycles. The molecule has 0 bridgehead atoms. The highest BCUT2D eigenvalue weighted by Gasteiger charge is 2.35. The molecule has 1 fully saturated rings. The predicted octanol–water partition coefficient (Wildman–Crippen LogP) is 2.96. The molecular weight excluding hydrogens is 398 g/mol. The van der Waals surface area contributed by atoms with Crippen molar-refractivity contribution < 1.29 is 9.00 Å². The van der Waals surface area contributed by atoms with Crippen LogP contribution in [-0.2, 0) is 22.1 Å². The minimum atomic E-state index is -1.14. The van der Waals surface area contributed by atoms with Gasteiger partial charge in [-0.3, -0.25) is 18.9 Å². The van der Waals surface area contributed by atoms with Crippen molar-refractivity contribution in [2.45, 2.75) is 44.8 Å². The fraction of sp³-hybridized carbons (Fsp3) is 0.368. The molecule has 1 unspecified atom stereocenters. The SMILES string of the molecule is C=C(Cl)N=C1/C(=C\C)NC(=NCc2ccc(S(C)=O)nc2)C(=O)N1[C@H](C)CC. The summed E-state index contributed by atoms with van der Waals surface area (Å²) in [5, 5.41) is 3.64. The van der Waals surface area contributed by atoms with Crippen LogP contribution in [0.4, 0.5) is 0 Å². The summed E-state index contributed by atoms with van der Waals surface area (Å²) in [5.74, 6) is 0.365. The van der Waals surface area contributed by atoms with E-state index < -0.39 is 10.8 Å². The van der Waals surface area contributed by atoms with Gasteiger partial charge < -0.3 is 5.32 Å². The number of piperazine rings is 1. The maximum Gasteiger partial charge on any atom is 0.295 e. The summed E-state index contributed by atoms with van der Waals surface area (Å²) < 4.78 is 11.4. The Kier molecular flexibility index (Phi) is 7.65. The van der Waals surface area contributed by atoms with Crippen LogP contribution in [0.5, 0.6) is 0 Å². The van der Waals surface area contributed by atoms with Crippen LogP contribution < -0.4 is 5.32 Å². The highest BCUT2D eigenvalue weighted by Crippen LogP contribution is 2.18. The third-order valence-corrected chi connectivity index (χ3v) is 5.12. The Morgan fingerprint density at radius 1 is 1.50 bits per heavy atom. The van der Waals surface area contributed by atoms with E-state index in [1.807, 2.05) is 26.8 Å². The first kappa shape index (κ1) is 22.0. The number of rotatable bonds is 6. The van der Waals surface area contributed by atoms with Crippen LogP contribution in [0.25, 0.3) is 0 Å². The molecule has 7 nitrogen and oxygen atoms in total. The van der Waals surface area contributed by atoms with Gasteiger partial charge in [0.05, 0.1) is 23.0 Å². The number of aliphatic imine (C=N–C) groups is 2. The van der Waals surface area contributed by atoms with E-state index in [0.29, 0.717) is 16.6 Å². The molecule has 1 aromatic rings. The Morgan fingerprint density at radius 2 is 2.21 bits per heavy atom. The lowest BCUT2D eigenvalue weighted by Gasteiger charge is -2.35. The van der Waals surface area contributed by atoms with E-state index in [-0.39, 0.29) is 29.5 Å². The molecule has 28 heavy (non-hydrogen) atoms. The van der Waals surface area contributed by atoms with E-state index in [0.717, 1.165) is 12.0 Å². The highest BCUT2D eigenvalue weighted by molar-refractivity contribution is 7.84. The number of amides is 1. The van der Waals surface area contributed by atoms with Gasteiger partial charge in [0.2, 0.25) is 0 Å². The van der Waals surface area contributed by atoms with E-state index in [1.54, 1.807) is 29.5 Å². The Morgan fingerprint density at radius 3 is 2.71 bits per heavy atom. The van der Waals surface area contributed by atoms with Crippen molar-refractivity contribution in [1.82, 2.24) is 15.2 Å². The molecule has 2 rings (SSSR count). The van der Waals surface area contributed by atoms with Crippen molar-refractivity contribution in [3.05, 3.63) is 47.4 Å². The topological polar surface area (TPSA) is 87.0 Å². The number of hydrogen-bond acceptors (Lipinski definition) is 5. The summed E-state index contributed by atoms with van der Waals surface area (Å²) in [6.07, 6.45) is 5.73. The van der Waals surface area contributed by atoms with E-state index >= 15 is 0 Å². The van der Waals surface area contributed by atoms with Crippen molar-refractivity contribution in [2.24, 2.45) is 9.98 Å². The number of aromatic nitrogens is 1. The van der Waals surface area contributed by atoms with Gasteiger partial charge in [-0.1, -0.05) is 37.2 Å². The zero-order valence-corrected chi connectivity index (χ0v) is 18.0. The van der Waals surface area contributed by atoms with Crippen molar-refractivity contribution in [2.75, 3.05) is 6.26 Å². The largest absolute Gasteiger partial charge is 0.333 e. The molecule has 1 amide bonds. The average molecular weight is 422 g/mol. The quantitative estimate of drug-likeness (QED) is 0.715. The predicted molar refractivity (Wildman–Crippen MR) is 114 cm³/mol. The minimum Gasteiger partial charge on any atom is -0.333 e. The lowest BCUT2D eigenvalue weighted by Crippen LogP contribution is -2.57. The van der Waals surface area contributed by atoms with Crippen LogP contribution in [0.3, 0.4) is 0 Å². The molecule has 1 N–H and O–H groups in total. The summed E-state index contributed by atoms with van der Waals surface area (Å²) in [6, 6.07) is 3.40. The summed E-state index contributed by atoms with van der Waals surface area (Å²) in [5.41, 5.74) is 1.44. The van der Waals surface area contributed by atoms with Crippen LogP contribution in [-0.4, -0.2) is 44.0 Å². The average Bonchev–Trinajstić information content (AvgIpc) is 2.67. The number of halogens is 1. The van der Waals surface area contributed by atoms with Crippen LogP contribution >= 0.6 is 11.6 Å². The number of carbonyl (C=O) groups is 1. The number of pyridine rings is 1. The van der Waals surface area contributed by atoms with Gasteiger partial charge in [0.25, 0.3) is 5.91 Å². The molecule has 2 atom stereocenters. The van der Waals surface area contributed by atoms with E-state index in [9.17, 15) is 9.00 Å². The summed E-state index contributed by atoms with van der Waals surface area (Å²) in [7, 11) is -1.14. The van der Waals surface area contributed by atoms with Gasteiger partial charge in [0.15, 0.2) is 11.7 Å². The number of allylic oxidation sites excluding steroid dienone is 1. The Bertz CT molecular complexity index is 877. The maximum absolute atomic E-state index is 13.0. The van der Waals surface area contributed by atoms with E-state index in [1.165, 1.54) is 0 Å². The molecule has 0 radical (unpaired) electrons. The van der Waals surface area contributed by atoms with Gasteiger partial charge in [0.1, 0.15) is 10.2 Å². The van der Waals surface area contributed by atoms with Crippen LogP contribution in [0.15, 0.2) is 56.8 Å². The fourth-order valence-electron chi connectivity index (χ4n) is 2.55. The van der Waals surface area contributed by atoms with Crippen molar-refractivity contribution >= 4 is 40.0 Å². The van der Waals surface area contributed by atoms with Crippen molar-refractivity contribution in [3.8, 4) is 0 Å². The Labute approximate surface area is 172 Å².